The van der Waals surface area contributed by atoms with Crippen molar-refractivity contribution in [3.63, 3.8) is 0 Å². The lowest BCUT2D eigenvalue weighted by molar-refractivity contribution is -0.136. The first-order valence-electron chi connectivity index (χ1n) is 10.8. The summed E-state index contributed by atoms with van der Waals surface area (Å²) in [7, 11) is 0. The molecule has 0 aromatic heterocycles. The quantitative estimate of drug-likeness (QED) is 0.208. The van der Waals surface area contributed by atoms with Crippen LogP contribution in [0.25, 0.3) is 0 Å². The summed E-state index contributed by atoms with van der Waals surface area (Å²) >= 11 is 9.57. The van der Waals surface area contributed by atoms with Crippen LogP contribution >= 0.6 is 27.5 Å². The first-order chi connectivity index (χ1) is 16.8. The second-order valence-electron chi connectivity index (χ2n) is 7.60. The maximum Gasteiger partial charge on any atom is 0.329 e. The highest BCUT2D eigenvalue weighted by molar-refractivity contribution is 9.10. The van der Waals surface area contributed by atoms with Crippen molar-refractivity contribution in [3.8, 4) is 11.5 Å². The van der Waals surface area contributed by atoms with Gasteiger partial charge in [-0.1, -0.05) is 41.9 Å². The Hall–Kier alpha value is -3.36. The number of hydrogen-bond acceptors (Lipinski definition) is 5. The molecule has 182 valence electrons. The van der Waals surface area contributed by atoms with E-state index in [0.29, 0.717) is 45.5 Å². The molecule has 0 radical (unpaired) electrons. The zero-order chi connectivity index (χ0) is 25.4. The summed E-state index contributed by atoms with van der Waals surface area (Å²) in [6.07, 6.45) is 1.41. The zero-order valence-electron chi connectivity index (χ0n) is 19.5. The summed E-state index contributed by atoms with van der Waals surface area (Å²) in [5.74, 6) is -0.692. The molecule has 7 nitrogen and oxygen atoms in total. The molecule has 2 amide bonds. The Labute approximate surface area is 217 Å². The molecule has 0 aliphatic rings. The Kier molecular flexibility index (Phi) is 9.28. The third-order valence-corrected chi connectivity index (χ3v) is 5.98. The Balaban J connectivity index is 1.66. The fourth-order valence-electron chi connectivity index (χ4n) is 3.06. The summed E-state index contributed by atoms with van der Waals surface area (Å²) in [5.41, 5.74) is 6.33. The van der Waals surface area contributed by atoms with Crippen LogP contribution in [0.4, 0.5) is 5.69 Å². The van der Waals surface area contributed by atoms with E-state index in [2.05, 4.69) is 31.8 Å². The number of hydrogen-bond donors (Lipinski definition) is 2. The smallest absolute Gasteiger partial charge is 0.329 e. The van der Waals surface area contributed by atoms with Gasteiger partial charge in [0, 0.05) is 10.7 Å². The SMILES string of the molecule is CCOc1cc(/C=N/NC(=O)C(=O)Nc2ccc(C)c(Cl)c2)cc(Br)c1OCc1ccccc1C. The number of carbonyl (C=O) groups is 2. The van der Waals surface area contributed by atoms with Crippen LogP contribution in [0.2, 0.25) is 5.02 Å². The Morgan fingerprint density at radius 2 is 1.80 bits per heavy atom. The van der Waals surface area contributed by atoms with Gasteiger partial charge >= 0.3 is 11.8 Å². The maximum absolute atomic E-state index is 12.1. The molecule has 35 heavy (non-hydrogen) atoms. The fraction of sp³-hybridized carbons (Fsp3) is 0.192. The first kappa shape index (κ1) is 26.2. The maximum atomic E-state index is 12.1. The molecule has 3 aromatic carbocycles. The van der Waals surface area contributed by atoms with Crippen LogP contribution in [0.3, 0.4) is 0 Å². The van der Waals surface area contributed by atoms with Gasteiger partial charge < -0.3 is 14.8 Å². The van der Waals surface area contributed by atoms with Crippen LogP contribution in [0.15, 0.2) is 64.2 Å². The predicted octanol–water partition coefficient (Wildman–Crippen LogP) is 5.79. The van der Waals surface area contributed by atoms with Crippen LogP contribution in [-0.2, 0) is 16.2 Å². The summed E-state index contributed by atoms with van der Waals surface area (Å²) in [6, 6.07) is 16.5. The summed E-state index contributed by atoms with van der Waals surface area (Å²) in [5, 5.41) is 6.85. The molecule has 0 aliphatic carbocycles. The minimum absolute atomic E-state index is 0.385. The van der Waals surface area contributed by atoms with E-state index >= 15 is 0 Å². The zero-order valence-corrected chi connectivity index (χ0v) is 21.9. The van der Waals surface area contributed by atoms with Crippen molar-refractivity contribution in [2.75, 3.05) is 11.9 Å². The number of aryl methyl sites for hydroxylation is 2. The second-order valence-corrected chi connectivity index (χ2v) is 8.86. The van der Waals surface area contributed by atoms with E-state index in [-0.39, 0.29) is 0 Å². The lowest BCUT2D eigenvalue weighted by Crippen LogP contribution is -2.32. The molecular formula is C26H25BrClN3O4. The van der Waals surface area contributed by atoms with Crippen LogP contribution in [-0.4, -0.2) is 24.6 Å². The molecule has 0 aliphatic heterocycles. The largest absolute Gasteiger partial charge is 0.490 e. The minimum Gasteiger partial charge on any atom is -0.490 e. The van der Waals surface area contributed by atoms with Gasteiger partial charge in [0.2, 0.25) is 0 Å². The van der Waals surface area contributed by atoms with E-state index < -0.39 is 11.8 Å². The van der Waals surface area contributed by atoms with Crippen molar-refractivity contribution in [1.29, 1.82) is 0 Å². The monoisotopic (exact) mass is 557 g/mol. The molecule has 0 saturated carbocycles. The average molecular weight is 559 g/mol. The van der Waals surface area contributed by atoms with Crippen molar-refractivity contribution >= 4 is 51.2 Å². The average Bonchev–Trinajstić information content (AvgIpc) is 2.82. The van der Waals surface area contributed by atoms with E-state index in [4.69, 9.17) is 21.1 Å². The molecule has 2 N–H and O–H groups in total. The molecule has 3 rings (SSSR count). The van der Waals surface area contributed by atoms with Gasteiger partial charge in [-0.2, -0.15) is 5.10 Å². The fourth-order valence-corrected chi connectivity index (χ4v) is 3.82. The van der Waals surface area contributed by atoms with Gasteiger partial charge in [0.1, 0.15) is 6.61 Å². The third-order valence-electron chi connectivity index (χ3n) is 4.98. The van der Waals surface area contributed by atoms with E-state index in [9.17, 15) is 9.59 Å². The standard InChI is InChI=1S/C26H25BrClN3O4/c1-4-34-23-12-18(11-21(27)24(23)35-15-19-8-6-5-7-16(19)2)14-29-31-26(33)25(32)30-20-10-9-17(3)22(28)13-20/h5-14H,4,15H2,1-3H3,(H,30,32)(H,31,33)/b29-14+. The number of hydrazone groups is 1. The minimum atomic E-state index is -0.916. The Bertz CT molecular complexity index is 1260. The number of amides is 2. The van der Waals surface area contributed by atoms with E-state index in [1.54, 1.807) is 30.3 Å². The molecule has 0 saturated heterocycles. The number of nitrogens with zero attached hydrogens (tertiary/aromatic N) is 1. The van der Waals surface area contributed by atoms with E-state index in [1.807, 2.05) is 45.0 Å². The number of nitrogens with one attached hydrogen (secondary N) is 2. The van der Waals surface area contributed by atoms with E-state index in [1.165, 1.54) is 6.21 Å². The van der Waals surface area contributed by atoms with Crippen LogP contribution in [0.5, 0.6) is 11.5 Å². The predicted molar refractivity (Wildman–Crippen MR) is 141 cm³/mol. The number of benzene rings is 3. The topological polar surface area (TPSA) is 89.0 Å². The third kappa shape index (κ3) is 7.31. The molecule has 9 heteroatoms. The van der Waals surface area contributed by atoms with Crippen molar-refractivity contribution in [1.82, 2.24) is 5.43 Å². The molecule has 0 heterocycles. The lowest BCUT2D eigenvalue weighted by atomic mass is 10.1. The summed E-state index contributed by atoms with van der Waals surface area (Å²) in [6.45, 7) is 6.57. The molecule has 0 fully saturated rings. The molecule has 0 spiro atoms. The summed E-state index contributed by atoms with van der Waals surface area (Å²) < 4.78 is 12.5. The van der Waals surface area contributed by atoms with Gasteiger partial charge in [-0.15, -0.1) is 0 Å². The second kappa shape index (κ2) is 12.4. The number of ether oxygens (including phenoxy) is 2. The highest BCUT2D eigenvalue weighted by Crippen LogP contribution is 2.37. The molecule has 0 unspecified atom stereocenters. The summed E-state index contributed by atoms with van der Waals surface area (Å²) in [4.78, 5) is 24.2. The Morgan fingerprint density at radius 1 is 1.03 bits per heavy atom. The van der Waals surface area contributed by atoms with Gasteiger partial charge in [0.05, 0.1) is 17.3 Å². The van der Waals surface area contributed by atoms with Crippen molar-refractivity contribution < 1.29 is 19.1 Å². The van der Waals surface area contributed by atoms with Gasteiger partial charge in [-0.3, -0.25) is 9.59 Å². The Morgan fingerprint density at radius 3 is 2.51 bits per heavy atom. The number of rotatable bonds is 8. The molecule has 3 aromatic rings. The van der Waals surface area contributed by atoms with Gasteiger partial charge in [-0.05, 0) is 83.2 Å². The highest BCUT2D eigenvalue weighted by Gasteiger charge is 2.15. The van der Waals surface area contributed by atoms with Crippen molar-refractivity contribution in [2.45, 2.75) is 27.4 Å². The molecular weight excluding hydrogens is 534 g/mol. The highest BCUT2D eigenvalue weighted by atomic mass is 79.9. The molecule has 0 atom stereocenters. The van der Waals surface area contributed by atoms with Crippen molar-refractivity contribution in [2.24, 2.45) is 5.10 Å². The van der Waals surface area contributed by atoms with Crippen LogP contribution in [0, 0.1) is 13.8 Å². The number of halogens is 2. The normalized spacial score (nSPS) is 10.8. The van der Waals surface area contributed by atoms with Crippen LogP contribution < -0.4 is 20.2 Å². The van der Waals surface area contributed by atoms with E-state index in [0.717, 1.165) is 16.7 Å². The first-order valence-corrected chi connectivity index (χ1v) is 12.0. The van der Waals surface area contributed by atoms with Gasteiger partial charge in [-0.25, -0.2) is 5.43 Å². The van der Waals surface area contributed by atoms with Gasteiger partial charge in [0.15, 0.2) is 11.5 Å². The van der Waals surface area contributed by atoms with Crippen molar-refractivity contribution in [3.05, 3.63) is 86.3 Å². The van der Waals surface area contributed by atoms with Gasteiger partial charge in [0.25, 0.3) is 0 Å². The number of anilines is 1. The molecule has 0 bridgehead atoms. The number of carbonyl (C=O) groups excluding carboxylic acids is 2. The van der Waals surface area contributed by atoms with Crippen LogP contribution in [0.1, 0.15) is 29.2 Å². The lowest BCUT2D eigenvalue weighted by Gasteiger charge is -2.15.